The van der Waals surface area contributed by atoms with Gasteiger partial charge in [0, 0.05) is 22.0 Å². The first-order chi connectivity index (χ1) is 15.7. The summed E-state index contributed by atoms with van der Waals surface area (Å²) in [6.07, 6.45) is 0. The molecule has 4 rings (SSSR count). The molecule has 1 aliphatic rings. The molecule has 0 bridgehead atoms. The highest BCUT2D eigenvalue weighted by Crippen LogP contribution is 2.33. The Morgan fingerprint density at radius 3 is 2.00 bits per heavy atom. The van der Waals surface area contributed by atoms with Gasteiger partial charge in [0.05, 0.1) is 15.7 Å². The minimum Gasteiger partial charge on any atom is -0.350 e. The molecule has 6 nitrogen and oxygen atoms in total. The van der Waals surface area contributed by atoms with Gasteiger partial charge in [-0.25, -0.2) is 4.90 Å². The third-order valence-corrected chi connectivity index (χ3v) is 6.05. The molecule has 1 aliphatic heterocycles. The summed E-state index contributed by atoms with van der Waals surface area (Å²) >= 11 is 23.9. The van der Waals surface area contributed by atoms with Crippen LogP contribution < -0.4 is 15.5 Å². The normalized spacial score (nSPS) is 13.5. The molecule has 0 unspecified atom stereocenters. The lowest BCUT2D eigenvalue weighted by atomic mass is 10.2. The maximum absolute atomic E-state index is 12.9. The van der Waals surface area contributed by atoms with Crippen LogP contribution in [0.1, 0.15) is 10.4 Å². The summed E-state index contributed by atoms with van der Waals surface area (Å²) in [5.41, 5.74) is 1.60. The Bertz CT molecular complexity index is 1310. The molecule has 3 aromatic carbocycles. The Hall–Kier alpha value is -3.03. The van der Waals surface area contributed by atoms with E-state index in [0.717, 1.165) is 4.90 Å². The van der Waals surface area contributed by atoms with Gasteiger partial charge in [0.2, 0.25) is 0 Å². The second-order valence-electron chi connectivity index (χ2n) is 6.90. The predicted molar refractivity (Wildman–Crippen MR) is 131 cm³/mol. The largest absolute Gasteiger partial charge is 0.350 e. The van der Waals surface area contributed by atoms with Gasteiger partial charge in [-0.15, -0.1) is 0 Å². The van der Waals surface area contributed by atoms with Crippen molar-refractivity contribution in [1.29, 1.82) is 0 Å². The number of rotatable bonds is 5. The molecule has 0 aliphatic carbocycles. The van der Waals surface area contributed by atoms with E-state index in [1.807, 2.05) is 0 Å². The molecule has 0 saturated heterocycles. The fourth-order valence-corrected chi connectivity index (χ4v) is 3.69. The minimum atomic E-state index is -0.693. The van der Waals surface area contributed by atoms with Gasteiger partial charge in [0.15, 0.2) is 0 Å². The van der Waals surface area contributed by atoms with Crippen LogP contribution in [-0.2, 0) is 9.59 Å². The molecule has 166 valence electrons. The summed E-state index contributed by atoms with van der Waals surface area (Å²) in [4.78, 5) is 38.8. The molecular weight excluding hydrogens is 508 g/mol. The Labute approximate surface area is 208 Å². The number of hydrogen-bond donors (Lipinski definition) is 2. The van der Waals surface area contributed by atoms with Crippen molar-refractivity contribution >= 4 is 81.2 Å². The van der Waals surface area contributed by atoms with Crippen molar-refractivity contribution in [3.8, 4) is 0 Å². The Morgan fingerprint density at radius 2 is 1.36 bits per heavy atom. The van der Waals surface area contributed by atoms with Crippen LogP contribution >= 0.6 is 46.4 Å². The van der Waals surface area contributed by atoms with Crippen molar-refractivity contribution in [1.82, 2.24) is 0 Å². The molecular formula is C23H13Cl4N3O3. The topological polar surface area (TPSA) is 78.5 Å². The zero-order chi connectivity index (χ0) is 23.7. The quantitative estimate of drug-likeness (QED) is 0.385. The van der Waals surface area contributed by atoms with Crippen molar-refractivity contribution in [3.05, 3.63) is 98.1 Å². The Balaban J connectivity index is 1.48. The van der Waals surface area contributed by atoms with E-state index in [4.69, 9.17) is 46.4 Å². The van der Waals surface area contributed by atoms with Crippen molar-refractivity contribution in [2.75, 3.05) is 15.5 Å². The van der Waals surface area contributed by atoms with Crippen molar-refractivity contribution in [2.24, 2.45) is 0 Å². The van der Waals surface area contributed by atoms with E-state index in [-0.39, 0.29) is 32.4 Å². The third-order valence-electron chi connectivity index (χ3n) is 4.71. The van der Waals surface area contributed by atoms with Gasteiger partial charge in [-0.05, 0) is 66.7 Å². The molecule has 0 atom stereocenters. The predicted octanol–water partition coefficient (Wildman–Crippen LogP) is 6.33. The molecule has 0 spiro atoms. The summed E-state index contributed by atoms with van der Waals surface area (Å²) in [5, 5.41) is 6.38. The summed E-state index contributed by atoms with van der Waals surface area (Å²) < 4.78 is 0. The van der Waals surface area contributed by atoms with Gasteiger partial charge >= 0.3 is 0 Å². The van der Waals surface area contributed by atoms with Crippen LogP contribution in [0.5, 0.6) is 0 Å². The third kappa shape index (κ3) is 4.84. The van der Waals surface area contributed by atoms with Gasteiger partial charge in [0.1, 0.15) is 10.7 Å². The highest BCUT2D eigenvalue weighted by atomic mass is 35.5. The highest BCUT2D eigenvalue weighted by Gasteiger charge is 2.39. The number of nitrogens with one attached hydrogen (secondary N) is 2. The van der Waals surface area contributed by atoms with Gasteiger partial charge in [-0.1, -0.05) is 46.4 Å². The van der Waals surface area contributed by atoms with Crippen molar-refractivity contribution in [3.63, 3.8) is 0 Å². The first kappa shape index (κ1) is 23.1. The molecule has 33 heavy (non-hydrogen) atoms. The summed E-state index contributed by atoms with van der Waals surface area (Å²) in [5.74, 6) is -1.66. The van der Waals surface area contributed by atoms with Gasteiger partial charge in [0.25, 0.3) is 17.7 Å². The zero-order valence-corrected chi connectivity index (χ0v) is 19.6. The molecule has 2 N–H and O–H groups in total. The fraction of sp³-hybridized carbons (Fsp3) is 0. The van der Waals surface area contributed by atoms with Crippen LogP contribution in [0.15, 0.2) is 77.5 Å². The van der Waals surface area contributed by atoms with E-state index in [1.54, 1.807) is 48.5 Å². The maximum atomic E-state index is 12.9. The molecule has 10 heteroatoms. The number of anilines is 3. The lowest BCUT2D eigenvalue weighted by Crippen LogP contribution is -2.32. The molecule has 3 amide bonds. The summed E-state index contributed by atoms with van der Waals surface area (Å²) in [6.45, 7) is 0. The van der Waals surface area contributed by atoms with Gasteiger partial charge in [-0.2, -0.15) is 0 Å². The minimum absolute atomic E-state index is 0.0916. The first-order valence-electron chi connectivity index (χ1n) is 9.42. The fourth-order valence-electron chi connectivity index (χ4n) is 3.06. The smallest absolute Gasteiger partial charge is 0.283 e. The van der Waals surface area contributed by atoms with Crippen LogP contribution in [0.4, 0.5) is 17.1 Å². The molecule has 0 aromatic heterocycles. The van der Waals surface area contributed by atoms with E-state index < -0.39 is 11.8 Å². The zero-order valence-electron chi connectivity index (χ0n) is 16.5. The van der Waals surface area contributed by atoms with Gasteiger partial charge in [-0.3, -0.25) is 14.4 Å². The van der Waals surface area contributed by atoms with Crippen molar-refractivity contribution < 1.29 is 14.4 Å². The molecule has 1 heterocycles. The van der Waals surface area contributed by atoms with E-state index in [0.29, 0.717) is 22.0 Å². The second kappa shape index (κ2) is 9.45. The monoisotopic (exact) mass is 519 g/mol. The van der Waals surface area contributed by atoms with Crippen LogP contribution in [-0.4, -0.2) is 17.7 Å². The van der Waals surface area contributed by atoms with Crippen LogP contribution in [0.2, 0.25) is 15.1 Å². The average molecular weight is 521 g/mol. The Kier molecular flexibility index (Phi) is 6.63. The number of carbonyl (C=O) groups is 3. The number of halogens is 4. The van der Waals surface area contributed by atoms with Crippen molar-refractivity contribution in [2.45, 2.75) is 0 Å². The van der Waals surface area contributed by atoms with E-state index in [9.17, 15) is 14.4 Å². The molecule has 0 fully saturated rings. The average Bonchev–Trinajstić information content (AvgIpc) is 3.01. The maximum Gasteiger partial charge on any atom is 0.283 e. The lowest BCUT2D eigenvalue weighted by Gasteiger charge is -2.15. The molecule has 0 saturated carbocycles. The standard InChI is InChI=1S/C23H13Cl4N3O3/c24-13-3-7-15(8-4-13)29-21(31)12-1-5-14(6-2-12)28-20-19(27)22(32)30(23(20)33)16-9-10-17(25)18(26)11-16/h1-11,28H,(H,29,31). The second-order valence-corrected chi connectivity index (χ2v) is 8.53. The molecule has 0 radical (unpaired) electrons. The number of benzene rings is 3. The number of hydrogen-bond acceptors (Lipinski definition) is 4. The number of nitrogens with zero attached hydrogens (tertiary/aromatic N) is 1. The van der Waals surface area contributed by atoms with E-state index in [2.05, 4.69) is 10.6 Å². The van der Waals surface area contributed by atoms with E-state index >= 15 is 0 Å². The van der Waals surface area contributed by atoms with Crippen LogP contribution in [0.3, 0.4) is 0 Å². The molecule has 3 aromatic rings. The first-order valence-corrected chi connectivity index (χ1v) is 10.9. The Morgan fingerprint density at radius 1 is 0.727 bits per heavy atom. The lowest BCUT2D eigenvalue weighted by molar-refractivity contribution is -0.120. The number of carbonyl (C=O) groups excluding carboxylic acids is 3. The SMILES string of the molecule is O=C(Nc1ccc(Cl)cc1)c1ccc(NC2=C(Cl)C(=O)N(c3ccc(Cl)c(Cl)c3)C2=O)cc1. The highest BCUT2D eigenvalue weighted by molar-refractivity contribution is 6.53. The number of amides is 3. The number of imide groups is 1. The summed E-state index contributed by atoms with van der Waals surface area (Å²) in [6, 6.07) is 17.4. The summed E-state index contributed by atoms with van der Waals surface area (Å²) in [7, 11) is 0. The van der Waals surface area contributed by atoms with Crippen LogP contribution in [0.25, 0.3) is 0 Å². The van der Waals surface area contributed by atoms with Crippen LogP contribution in [0, 0.1) is 0 Å². The van der Waals surface area contributed by atoms with Gasteiger partial charge < -0.3 is 10.6 Å². The van der Waals surface area contributed by atoms with E-state index in [1.165, 1.54) is 18.2 Å².